The lowest BCUT2D eigenvalue weighted by molar-refractivity contribution is 0.588. The van der Waals surface area contributed by atoms with Crippen molar-refractivity contribution >= 4 is 36.5 Å². The number of sulfonamides is 1. The Hall–Kier alpha value is -3.17. The SMILES string of the molecule is CCc1ccc(-c2n[nH]c3ccc(NS(=O)(=O)c4ccccc4S(C)(=O)=O)cc23)cc1. The minimum absolute atomic E-state index is 0.247. The summed E-state index contributed by atoms with van der Waals surface area (Å²) in [6.07, 6.45) is 1.91. The zero-order valence-electron chi connectivity index (χ0n) is 17.0. The molecule has 0 spiro atoms. The second-order valence-corrected chi connectivity index (χ2v) is 10.8. The van der Waals surface area contributed by atoms with Gasteiger partial charge in [0.15, 0.2) is 9.84 Å². The molecule has 0 bridgehead atoms. The van der Waals surface area contributed by atoms with Gasteiger partial charge in [0.1, 0.15) is 4.90 Å². The molecule has 4 aromatic rings. The second kappa shape index (κ2) is 7.82. The Morgan fingerprint density at radius 1 is 0.903 bits per heavy atom. The van der Waals surface area contributed by atoms with Crippen molar-refractivity contribution < 1.29 is 16.8 Å². The molecule has 1 heterocycles. The largest absolute Gasteiger partial charge is 0.280 e. The quantitative estimate of drug-likeness (QED) is 0.457. The normalized spacial score (nSPS) is 12.2. The molecule has 7 nitrogen and oxygen atoms in total. The van der Waals surface area contributed by atoms with E-state index in [2.05, 4.69) is 21.8 Å². The van der Waals surface area contributed by atoms with Gasteiger partial charge in [-0.05, 0) is 42.3 Å². The Morgan fingerprint density at radius 3 is 2.23 bits per heavy atom. The van der Waals surface area contributed by atoms with Crippen molar-refractivity contribution in [2.75, 3.05) is 11.0 Å². The van der Waals surface area contributed by atoms with E-state index in [4.69, 9.17) is 0 Å². The third-order valence-electron chi connectivity index (χ3n) is 4.99. The molecule has 0 aliphatic carbocycles. The molecule has 4 rings (SSSR count). The Bertz CT molecular complexity index is 1470. The smallest absolute Gasteiger partial charge is 0.263 e. The zero-order chi connectivity index (χ0) is 22.2. The number of anilines is 1. The van der Waals surface area contributed by atoms with Gasteiger partial charge in [-0.25, -0.2) is 16.8 Å². The highest BCUT2D eigenvalue weighted by molar-refractivity contribution is 7.95. The lowest BCUT2D eigenvalue weighted by atomic mass is 10.0. The number of H-pyrrole nitrogens is 1. The van der Waals surface area contributed by atoms with E-state index in [9.17, 15) is 16.8 Å². The van der Waals surface area contributed by atoms with Crippen LogP contribution in [0.3, 0.4) is 0 Å². The predicted octanol–water partition coefficient (Wildman–Crippen LogP) is 4.00. The number of aromatic amines is 1. The average molecular weight is 456 g/mol. The molecule has 0 radical (unpaired) electrons. The number of aromatic nitrogens is 2. The van der Waals surface area contributed by atoms with Crippen LogP contribution in [0.2, 0.25) is 0 Å². The van der Waals surface area contributed by atoms with Crippen LogP contribution in [-0.2, 0) is 26.3 Å². The minimum atomic E-state index is -4.13. The number of nitrogens with one attached hydrogen (secondary N) is 2. The van der Waals surface area contributed by atoms with Crippen molar-refractivity contribution in [3.05, 3.63) is 72.3 Å². The van der Waals surface area contributed by atoms with Gasteiger partial charge in [0.2, 0.25) is 0 Å². The Kier molecular flexibility index (Phi) is 5.32. The first-order valence-electron chi connectivity index (χ1n) is 9.58. The van der Waals surface area contributed by atoms with Crippen molar-refractivity contribution in [1.29, 1.82) is 0 Å². The summed E-state index contributed by atoms with van der Waals surface area (Å²) < 4.78 is 52.5. The number of hydrogen-bond donors (Lipinski definition) is 2. The van der Waals surface area contributed by atoms with Gasteiger partial charge in [0.05, 0.1) is 16.1 Å². The third-order valence-corrected chi connectivity index (χ3v) is 7.71. The lowest BCUT2D eigenvalue weighted by Gasteiger charge is -2.11. The Labute approximate surface area is 181 Å². The van der Waals surface area contributed by atoms with Crippen LogP contribution in [0.4, 0.5) is 5.69 Å². The number of hydrogen-bond acceptors (Lipinski definition) is 5. The molecule has 0 saturated carbocycles. The first-order chi connectivity index (χ1) is 14.7. The van der Waals surface area contributed by atoms with Crippen LogP contribution in [0, 0.1) is 0 Å². The fourth-order valence-corrected chi connectivity index (χ4v) is 6.06. The molecule has 9 heteroatoms. The van der Waals surface area contributed by atoms with Crippen molar-refractivity contribution in [2.45, 2.75) is 23.1 Å². The van der Waals surface area contributed by atoms with Crippen LogP contribution in [-0.4, -0.2) is 33.3 Å². The van der Waals surface area contributed by atoms with E-state index in [0.29, 0.717) is 11.4 Å². The third kappa shape index (κ3) is 4.19. The van der Waals surface area contributed by atoms with Gasteiger partial charge >= 0.3 is 0 Å². The molecular weight excluding hydrogens is 434 g/mol. The molecule has 3 aromatic carbocycles. The summed E-state index contributed by atoms with van der Waals surface area (Å²) in [5.41, 5.74) is 3.89. The van der Waals surface area contributed by atoms with Crippen molar-refractivity contribution in [3.8, 4) is 11.3 Å². The topological polar surface area (TPSA) is 109 Å². The molecule has 0 saturated heterocycles. The molecule has 0 fully saturated rings. The number of aryl methyl sites for hydroxylation is 1. The summed E-state index contributed by atoms with van der Waals surface area (Å²) in [4.78, 5) is -0.538. The van der Waals surface area contributed by atoms with Gasteiger partial charge in [-0.3, -0.25) is 9.82 Å². The van der Waals surface area contributed by atoms with E-state index in [1.54, 1.807) is 18.2 Å². The zero-order valence-corrected chi connectivity index (χ0v) is 18.6. The Morgan fingerprint density at radius 2 is 1.58 bits per heavy atom. The van der Waals surface area contributed by atoms with Crippen LogP contribution in [0.5, 0.6) is 0 Å². The molecular formula is C22H21N3O4S2. The van der Waals surface area contributed by atoms with Gasteiger partial charge in [-0.1, -0.05) is 43.3 Å². The molecule has 160 valence electrons. The Balaban J connectivity index is 1.74. The van der Waals surface area contributed by atoms with Crippen LogP contribution >= 0.6 is 0 Å². The molecule has 1 aromatic heterocycles. The van der Waals surface area contributed by atoms with E-state index in [-0.39, 0.29) is 9.79 Å². The van der Waals surface area contributed by atoms with E-state index >= 15 is 0 Å². The summed E-state index contributed by atoms with van der Waals surface area (Å²) >= 11 is 0. The maximum atomic E-state index is 13.0. The van der Waals surface area contributed by atoms with Crippen LogP contribution in [0.25, 0.3) is 22.2 Å². The minimum Gasteiger partial charge on any atom is -0.280 e. The van der Waals surface area contributed by atoms with E-state index < -0.39 is 19.9 Å². The predicted molar refractivity (Wildman–Crippen MR) is 121 cm³/mol. The van der Waals surface area contributed by atoms with Crippen LogP contribution in [0.15, 0.2) is 76.5 Å². The van der Waals surface area contributed by atoms with Gasteiger partial charge in [-0.2, -0.15) is 5.10 Å². The molecule has 31 heavy (non-hydrogen) atoms. The van der Waals surface area contributed by atoms with Crippen LogP contribution < -0.4 is 4.72 Å². The number of fused-ring (bicyclic) bond motifs is 1. The second-order valence-electron chi connectivity index (χ2n) is 7.21. The monoisotopic (exact) mass is 455 g/mol. The summed E-state index contributed by atoms with van der Waals surface area (Å²) in [6.45, 7) is 2.08. The van der Waals surface area contributed by atoms with Crippen molar-refractivity contribution in [2.24, 2.45) is 0 Å². The number of benzene rings is 3. The maximum absolute atomic E-state index is 13.0. The highest BCUT2D eigenvalue weighted by Gasteiger charge is 2.24. The van der Waals surface area contributed by atoms with E-state index in [0.717, 1.165) is 29.1 Å². The number of sulfone groups is 1. The highest BCUT2D eigenvalue weighted by atomic mass is 32.2. The molecule has 0 amide bonds. The summed E-state index contributed by atoms with van der Waals surface area (Å²) in [5.74, 6) is 0. The summed E-state index contributed by atoms with van der Waals surface area (Å²) in [6, 6.07) is 18.6. The molecule has 2 N–H and O–H groups in total. The summed E-state index contributed by atoms with van der Waals surface area (Å²) in [5, 5.41) is 8.09. The molecule has 0 atom stereocenters. The number of nitrogens with zero attached hydrogens (tertiary/aromatic N) is 1. The standard InChI is InChI=1S/C22H21N3O4S2/c1-3-15-8-10-16(11-9-15)22-18-14-17(12-13-19(18)23-24-22)25-31(28,29)21-7-5-4-6-20(21)30(2,26)27/h4-14,25H,3H2,1-2H3,(H,23,24). The van der Waals surface area contributed by atoms with Gasteiger partial charge in [0, 0.05) is 22.9 Å². The maximum Gasteiger partial charge on any atom is 0.263 e. The van der Waals surface area contributed by atoms with Gasteiger partial charge in [0.25, 0.3) is 10.0 Å². The van der Waals surface area contributed by atoms with Crippen molar-refractivity contribution in [1.82, 2.24) is 10.2 Å². The van der Waals surface area contributed by atoms with E-state index in [1.807, 2.05) is 24.3 Å². The fraction of sp³-hybridized carbons (Fsp3) is 0.136. The lowest BCUT2D eigenvalue weighted by Crippen LogP contribution is -2.16. The van der Waals surface area contributed by atoms with Gasteiger partial charge in [-0.15, -0.1) is 0 Å². The summed E-state index contributed by atoms with van der Waals surface area (Å²) in [7, 11) is -7.84. The first kappa shape index (κ1) is 21.1. The average Bonchev–Trinajstić information content (AvgIpc) is 3.16. The first-order valence-corrected chi connectivity index (χ1v) is 13.0. The van der Waals surface area contributed by atoms with Gasteiger partial charge < -0.3 is 0 Å². The molecule has 0 unspecified atom stereocenters. The molecule has 0 aliphatic heterocycles. The van der Waals surface area contributed by atoms with Crippen molar-refractivity contribution in [3.63, 3.8) is 0 Å². The fourth-order valence-electron chi connectivity index (χ4n) is 3.38. The highest BCUT2D eigenvalue weighted by Crippen LogP contribution is 2.30. The van der Waals surface area contributed by atoms with Crippen LogP contribution in [0.1, 0.15) is 12.5 Å². The number of rotatable bonds is 6. The van der Waals surface area contributed by atoms with E-state index in [1.165, 1.54) is 29.8 Å². The molecule has 0 aliphatic rings.